The Bertz CT molecular complexity index is 414. The lowest BCUT2D eigenvalue weighted by molar-refractivity contribution is -0.128. The first-order valence-corrected chi connectivity index (χ1v) is 5.60. The molecule has 0 aromatic heterocycles. The quantitative estimate of drug-likeness (QED) is 0.786. The molecule has 0 N–H and O–H groups in total. The first kappa shape index (κ1) is 11.1. The largest absolute Gasteiger partial charge is 0.482 e. The summed E-state index contributed by atoms with van der Waals surface area (Å²) in [5.41, 5.74) is 0.919. The van der Waals surface area contributed by atoms with Gasteiger partial charge in [-0.15, -0.1) is 0 Å². The van der Waals surface area contributed by atoms with Gasteiger partial charge in [-0.2, -0.15) is 0 Å². The van der Waals surface area contributed by atoms with Crippen molar-refractivity contribution in [1.82, 2.24) is 0 Å². The smallest absolute Gasteiger partial charge is 0.176 e. The van der Waals surface area contributed by atoms with Crippen molar-refractivity contribution in [3.8, 4) is 5.75 Å². The number of hydrogen-bond donors (Lipinski definition) is 0. The van der Waals surface area contributed by atoms with E-state index in [0.29, 0.717) is 12.2 Å². The van der Waals surface area contributed by atoms with E-state index in [1.165, 1.54) is 12.1 Å². The average molecular weight is 222 g/mol. The zero-order chi connectivity index (χ0) is 11.7. The molecule has 1 heterocycles. The number of hydrogen-bond acceptors (Lipinski definition) is 2. The molecule has 0 aliphatic carbocycles. The zero-order valence-electron chi connectivity index (χ0n) is 9.50. The molecule has 0 saturated carbocycles. The van der Waals surface area contributed by atoms with Gasteiger partial charge in [0.25, 0.3) is 0 Å². The predicted octanol–water partition coefficient (Wildman–Crippen LogP) is 2.74. The second-order valence-corrected chi connectivity index (χ2v) is 4.27. The topological polar surface area (TPSA) is 26.3 Å². The van der Waals surface area contributed by atoms with E-state index in [9.17, 15) is 9.18 Å². The van der Waals surface area contributed by atoms with E-state index < -0.39 is 6.10 Å². The molecule has 2 atom stereocenters. The van der Waals surface area contributed by atoms with Gasteiger partial charge in [-0.25, -0.2) is 4.39 Å². The molecule has 2 unspecified atom stereocenters. The van der Waals surface area contributed by atoms with E-state index >= 15 is 0 Å². The molecule has 0 saturated heterocycles. The minimum Gasteiger partial charge on any atom is -0.482 e. The first-order valence-electron chi connectivity index (χ1n) is 5.60. The van der Waals surface area contributed by atoms with E-state index in [4.69, 9.17) is 4.74 Å². The maximum absolute atomic E-state index is 12.9. The van der Waals surface area contributed by atoms with Crippen molar-refractivity contribution in [3.63, 3.8) is 0 Å². The van der Waals surface area contributed by atoms with Gasteiger partial charge in [0, 0.05) is 18.4 Å². The number of ether oxygens (including phenoxy) is 1. The molecule has 1 aromatic rings. The van der Waals surface area contributed by atoms with Crippen molar-refractivity contribution >= 4 is 5.78 Å². The fraction of sp³-hybridized carbons (Fsp3) is 0.462. The van der Waals surface area contributed by atoms with Gasteiger partial charge in [0.15, 0.2) is 11.9 Å². The lowest BCUT2D eigenvalue weighted by Crippen LogP contribution is -2.30. The van der Waals surface area contributed by atoms with E-state index in [2.05, 4.69) is 0 Å². The number of fused-ring (bicyclic) bond motifs is 1. The molecule has 0 spiro atoms. The average Bonchev–Trinajstić information content (AvgIpc) is 2.69. The number of benzene rings is 1. The zero-order valence-corrected chi connectivity index (χ0v) is 9.50. The summed E-state index contributed by atoms with van der Waals surface area (Å²) >= 11 is 0. The third-order valence-corrected chi connectivity index (χ3v) is 3.12. The maximum Gasteiger partial charge on any atom is 0.176 e. The Labute approximate surface area is 94.4 Å². The predicted molar refractivity (Wildman–Crippen MR) is 59.0 cm³/mol. The maximum atomic E-state index is 12.9. The summed E-state index contributed by atoms with van der Waals surface area (Å²) in [5.74, 6) is 0.306. The standard InChI is InChI=1S/C13H15FO2/c1-3-8(2)13(15)12-6-9-4-5-10(14)7-11(9)16-12/h4-5,7-8,12H,3,6H2,1-2H3. The number of halogens is 1. The van der Waals surface area contributed by atoms with Crippen molar-refractivity contribution in [2.45, 2.75) is 32.8 Å². The van der Waals surface area contributed by atoms with Gasteiger partial charge < -0.3 is 4.74 Å². The van der Waals surface area contributed by atoms with Crippen LogP contribution in [0.3, 0.4) is 0 Å². The van der Waals surface area contributed by atoms with Gasteiger partial charge in [0.2, 0.25) is 0 Å². The Morgan fingerprint density at radius 3 is 3.06 bits per heavy atom. The van der Waals surface area contributed by atoms with Crippen LogP contribution >= 0.6 is 0 Å². The molecule has 2 nitrogen and oxygen atoms in total. The van der Waals surface area contributed by atoms with Crippen molar-refractivity contribution in [1.29, 1.82) is 0 Å². The Hall–Kier alpha value is -1.38. The van der Waals surface area contributed by atoms with Gasteiger partial charge in [0.1, 0.15) is 11.6 Å². The highest BCUT2D eigenvalue weighted by atomic mass is 19.1. The molecule has 1 aromatic carbocycles. The summed E-state index contributed by atoms with van der Waals surface area (Å²) in [5, 5.41) is 0. The van der Waals surface area contributed by atoms with Gasteiger partial charge in [-0.05, 0) is 18.1 Å². The summed E-state index contributed by atoms with van der Waals surface area (Å²) < 4.78 is 18.4. The molecule has 1 aliphatic rings. The Kier molecular flexibility index (Phi) is 2.95. The molecule has 0 amide bonds. The summed E-state index contributed by atoms with van der Waals surface area (Å²) in [6.45, 7) is 3.87. The van der Waals surface area contributed by atoms with Crippen LogP contribution in [-0.2, 0) is 11.2 Å². The highest BCUT2D eigenvalue weighted by molar-refractivity contribution is 5.86. The highest BCUT2D eigenvalue weighted by Crippen LogP contribution is 2.30. The van der Waals surface area contributed by atoms with Gasteiger partial charge >= 0.3 is 0 Å². The molecular weight excluding hydrogens is 207 g/mol. The van der Waals surface area contributed by atoms with Crippen LogP contribution in [0, 0.1) is 11.7 Å². The molecule has 0 fully saturated rings. The van der Waals surface area contributed by atoms with Crippen LogP contribution in [0.2, 0.25) is 0 Å². The first-order chi connectivity index (χ1) is 7.61. The van der Waals surface area contributed by atoms with Crippen LogP contribution in [0.25, 0.3) is 0 Å². The molecule has 86 valence electrons. The summed E-state index contributed by atoms with van der Waals surface area (Å²) in [6.07, 6.45) is 0.953. The van der Waals surface area contributed by atoms with E-state index in [1.54, 1.807) is 6.07 Å². The van der Waals surface area contributed by atoms with Crippen LogP contribution in [0.4, 0.5) is 4.39 Å². The molecule has 16 heavy (non-hydrogen) atoms. The number of Topliss-reactive ketones (excluding diaryl/α,β-unsaturated/α-hetero) is 1. The van der Waals surface area contributed by atoms with Crippen LogP contribution in [0.5, 0.6) is 5.75 Å². The van der Waals surface area contributed by atoms with Crippen LogP contribution in [-0.4, -0.2) is 11.9 Å². The SMILES string of the molecule is CCC(C)C(=O)C1Cc2ccc(F)cc2O1. The number of ketones is 1. The molecule has 0 radical (unpaired) electrons. The second kappa shape index (κ2) is 4.24. The minimum atomic E-state index is -0.424. The van der Waals surface area contributed by atoms with Crippen LogP contribution in [0.15, 0.2) is 18.2 Å². The number of rotatable bonds is 3. The second-order valence-electron chi connectivity index (χ2n) is 4.27. The van der Waals surface area contributed by atoms with Crippen molar-refractivity contribution in [3.05, 3.63) is 29.6 Å². The number of carbonyl (C=O) groups is 1. The molecule has 3 heteroatoms. The Morgan fingerprint density at radius 2 is 2.38 bits per heavy atom. The fourth-order valence-electron chi connectivity index (χ4n) is 1.88. The third-order valence-electron chi connectivity index (χ3n) is 3.12. The summed E-state index contributed by atoms with van der Waals surface area (Å²) in [6, 6.07) is 4.44. The fourth-order valence-corrected chi connectivity index (χ4v) is 1.88. The summed E-state index contributed by atoms with van der Waals surface area (Å²) in [7, 11) is 0. The van der Waals surface area contributed by atoms with Crippen molar-refractivity contribution < 1.29 is 13.9 Å². The monoisotopic (exact) mass is 222 g/mol. The third kappa shape index (κ3) is 1.94. The van der Waals surface area contributed by atoms with E-state index in [1.807, 2.05) is 13.8 Å². The molecule has 1 aliphatic heterocycles. The van der Waals surface area contributed by atoms with E-state index in [-0.39, 0.29) is 17.5 Å². The van der Waals surface area contributed by atoms with Gasteiger partial charge in [-0.3, -0.25) is 4.79 Å². The normalized spacial score (nSPS) is 20.1. The molecule has 0 bridgehead atoms. The molecular formula is C13H15FO2. The summed E-state index contributed by atoms with van der Waals surface area (Å²) in [4.78, 5) is 11.9. The minimum absolute atomic E-state index is 0.00385. The van der Waals surface area contributed by atoms with Crippen LogP contribution < -0.4 is 4.74 Å². The lowest BCUT2D eigenvalue weighted by atomic mass is 9.96. The van der Waals surface area contributed by atoms with Gasteiger partial charge in [-0.1, -0.05) is 19.9 Å². The highest BCUT2D eigenvalue weighted by Gasteiger charge is 2.31. The van der Waals surface area contributed by atoms with Gasteiger partial charge in [0.05, 0.1) is 0 Å². The van der Waals surface area contributed by atoms with Crippen molar-refractivity contribution in [2.24, 2.45) is 5.92 Å². The lowest BCUT2D eigenvalue weighted by Gasteiger charge is -2.13. The van der Waals surface area contributed by atoms with Crippen molar-refractivity contribution in [2.75, 3.05) is 0 Å². The van der Waals surface area contributed by atoms with Crippen LogP contribution in [0.1, 0.15) is 25.8 Å². The van der Waals surface area contributed by atoms with E-state index in [0.717, 1.165) is 12.0 Å². The number of carbonyl (C=O) groups excluding carboxylic acids is 1. The Morgan fingerprint density at radius 1 is 1.62 bits per heavy atom. The Balaban J connectivity index is 2.14. The molecule has 2 rings (SSSR count).